The highest BCUT2D eigenvalue weighted by molar-refractivity contribution is 5.79. The number of halogens is 3. The molecule has 0 atom stereocenters. The molecule has 0 heterocycles. The van der Waals surface area contributed by atoms with Crippen molar-refractivity contribution in [2.24, 2.45) is 29.6 Å². The lowest BCUT2D eigenvalue weighted by Gasteiger charge is -2.54. The normalized spacial score (nSPS) is 33.5. The highest BCUT2D eigenvalue weighted by atomic mass is 19.4. The van der Waals surface area contributed by atoms with Gasteiger partial charge in [-0.25, -0.2) is 0 Å². The summed E-state index contributed by atoms with van der Waals surface area (Å²) in [4.78, 5) is 14.7. The number of hydrogen-bond acceptors (Lipinski definition) is 1. The van der Waals surface area contributed by atoms with Crippen molar-refractivity contribution in [3.05, 3.63) is 35.4 Å². The van der Waals surface area contributed by atoms with Crippen molar-refractivity contribution in [2.75, 3.05) is 7.05 Å². The molecule has 5 heteroatoms. The van der Waals surface area contributed by atoms with Gasteiger partial charge < -0.3 is 4.90 Å². The van der Waals surface area contributed by atoms with Crippen LogP contribution in [0.3, 0.4) is 0 Å². The molecule has 1 amide bonds. The van der Waals surface area contributed by atoms with Crippen LogP contribution in [0.15, 0.2) is 24.3 Å². The molecule has 0 N–H and O–H groups in total. The molecule has 5 rings (SSSR count). The van der Waals surface area contributed by atoms with Gasteiger partial charge in [-0.3, -0.25) is 4.79 Å². The lowest BCUT2D eigenvalue weighted by Crippen LogP contribution is -2.51. The van der Waals surface area contributed by atoms with E-state index in [0.717, 1.165) is 29.5 Å². The first-order valence-corrected chi connectivity index (χ1v) is 9.22. The zero-order valence-corrected chi connectivity index (χ0v) is 14.4. The monoisotopic (exact) mass is 351 g/mol. The van der Waals surface area contributed by atoms with Gasteiger partial charge in [-0.05, 0) is 73.5 Å². The van der Waals surface area contributed by atoms with Crippen molar-refractivity contribution in [1.29, 1.82) is 0 Å². The van der Waals surface area contributed by atoms with E-state index < -0.39 is 11.7 Å². The largest absolute Gasteiger partial charge is 0.416 e. The molecule has 0 radical (unpaired) electrons. The summed E-state index contributed by atoms with van der Waals surface area (Å²) in [5.74, 6) is 3.03. The Morgan fingerprint density at radius 3 is 2.00 bits per heavy atom. The Bertz CT molecular complexity index is 624. The fourth-order valence-corrected chi connectivity index (χ4v) is 5.73. The van der Waals surface area contributed by atoms with E-state index in [1.807, 2.05) is 0 Å². The van der Waals surface area contributed by atoms with Gasteiger partial charge in [-0.1, -0.05) is 12.1 Å². The second kappa shape index (κ2) is 6.03. The topological polar surface area (TPSA) is 20.3 Å². The van der Waals surface area contributed by atoms with Crippen LogP contribution in [0, 0.1) is 29.6 Å². The van der Waals surface area contributed by atoms with Crippen LogP contribution in [0.1, 0.15) is 43.2 Å². The minimum atomic E-state index is -4.32. The number of carbonyl (C=O) groups excluding carboxylic acids is 1. The number of carbonyl (C=O) groups is 1. The highest BCUT2D eigenvalue weighted by Crippen LogP contribution is 2.56. The average Bonchev–Trinajstić information content (AvgIpc) is 2.53. The van der Waals surface area contributed by atoms with Gasteiger partial charge in [0, 0.05) is 19.5 Å². The van der Waals surface area contributed by atoms with Gasteiger partial charge in [0.2, 0.25) is 5.91 Å². The first-order chi connectivity index (χ1) is 11.8. The third-order valence-electron chi connectivity index (χ3n) is 6.59. The predicted molar refractivity (Wildman–Crippen MR) is 88.5 cm³/mol. The number of benzene rings is 1. The number of hydrogen-bond donors (Lipinski definition) is 0. The lowest BCUT2D eigenvalue weighted by molar-refractivity contribution is -0.148. The molecule has 4 bridgehead atoms. The van der Waals surface area contributed by atoms with Crippen LogP contribution in [0.5, 0.6) is 0 Å². The zero-order valence-electron chi connectivity index (χ0n) is 14.4. The molecule has 1 aromatic rings. The average molecular weight is 351 g/mol. The quantitative estimate of drug-likeness (QED) is 0.770. The summed E-state index contributed by atoms with van der Waals surface area (Å²) in [5.41, 5.74) is 0.0962. The lowest BCUT2D eigenvalue weighted by atomic mass is 9.51. The first kappa shape index (κ1) is 16.9. The van der Waals surface area contributed by atoms with Crippen molar-refractivity contribution in [3.8, 4) is 0 Å². The second-order valence-corrected chi connectivity index (χ2v) is 8.35. The molecule has 0 unspecified atom stereocenters. The molecule has 4 aliphatic carbocycles. The third kappa shape index (κ3) is 3.18. The fraction of sp³-hybridized carbons (Fsp3) is 0.650. The first-order valence-electron chi connectivity index (χ1n) is 9.22. The second-order valence-electron chi connectivity index (χ2n) is 8.35. The van der Waals surface area contributed by atoms with E-state index in [9.17, 15) is 18.0 Å². The summed E-state index contributed by atoms with van der Waals surface area (Å²) in [5, 5.41) is 0. The third-order valence-corrected chi connectivity index (χ3v) is 6.59. The summed E-state index contributed by atoms with van der Waals surface area (Å²) in [7, 11) is 1.78. The van der Waals surface area contributed by atoms with Crippen LogP contribution in [0.25, 0.3) is 0 Å². The van der Waals surface area contributed by atoms with Gasteiger partial charge >= 0.3 is 6.18 Å². The molecular formula is C20H24F3NO. The van der Waals surface area contributed by atoms with Crippen LogP contribution < -0.4 is 0 Å². The molecule has 0 saturated heterocycles. The maximum Gasteiger partial charge on any atom is 0.416 e. The minimum Gasteiger partial charge on any atom is -0.341 e. The van der Waals surface area contributed by atoms with Crippen molar-refractivity contribution < 1.29 is 18.0 Å². The van der Waals surface area contributed by atoms with Gasteiger partial charge in [0.05, 0.1) is 5.56 Å². The number of alkyl halides is 3. The molecular weight excluding hydrogens is 327 g/mol. The Labute approximate surface area is 146 Å². The van der Waals surface area contributed by atoms with E-state index in [2.05, 4.69) is 0 Å². The standard InChI is InChI=1S/C20H24F3NO/c1-24(11-12-2-4-17(5-3-12)20(21,22)23)19(25)18-15-7-13-6-14(9-15)10-16(18)8-13/h2-5,13-16,18H,6-11H2,1H3. The maximum absolute atomic E-state index is 13.0. The summed E-state index contributed by atoms with van der Waals surface area (Å²) in [6, 6.07) is 5.14. The predicted octanol–water partition coefficient (Wildman–Crippen LogP) is 4.74. The molecule has 4 saturated carbocycles. The van der Waals surface area contributed by atoms with Gasteiger partial charge in [-0.2, -0.15) is 13.2 Å². The molecule has 136 valence electrons. The minimum absolute atomic E-state index is 0.132. The number of rotatable bonds is 3. The van der Waals surface area contributed by atoms with Crippen molar-refractivity contribution in [3.63, 3.8) is 0 Å². The molecule has 0 aromatic heterocycles. The van der Waals surface area contributed by atoms with Crippen molar-refractivity contribution in [2.45, 2.75) is 44.8 Å². The zero-order chi connectivity index (χ0) is 17.8. The Hall–Kier alpha value is -1.52. The molecule has 0 aliphatic heterocycles. The van der Waals surface area contributed by atoms with E-state index >= 15 is 0 Å². The van der Waals surface area contributed by atoms with E-state index in [0.29, 0.717) is 18.4 Å². The Kier molecular flexibility index (Phi) is 4.08. The Morgan fingerprint density at radius 1 is 1.00 bits per heavy atom. The molecule has 0 spiro atoms. The Morgan fingerprint density at radius 2 is 1.52 bits per heavy atom. The van der Waals surface area contributed by atoms with Crippen LogP contribution >= 0.6 is 0 Å². The number of nitrogens with zero attached hydrogens (tertiary/aromatic N) is 1. The SMILES string of the molecule is CN(Cc1ccc(C(F)(F)F)cc1)C(=O)C1C2CC3CC(C2)CC1C3. The summed E-state index contributed by atoms with van der Waals surface area (Å²) in [6.45, 7) is 0.375. The highest BCUT2D eigenvalue weighted by Gasteiger charge is 2.51. The van der Waals surface area contributed by atoms with E-state index in [1.54, 1.807) is 11.9 Å². The number of amides is 1. The van der Waals surface area contributed by atoms with E-state index in [1.165, 1.54) is 44.2 Å². The van der Waals surface area contributed by atoms with E-state index in [-0.39, 0.29) is 11.8 Å². The smallest absolute Gasteiger partial charge is 0.341 e. The van der Waals surface area contributed by atoms with Gasteiger partial charge in [-0.15, -0.1) is 0 Å². The van der Waals surface area contributed by atoms with Gasteiger partial charge in [0.1, 0.15) is 0 Å². The summed E-state index contributed by atoms with van der Waals surface area (Å²) >= 11 is 0. The maximum atomic E-state index is 13.0. The van der Waals surface area contributed by atoms with Gasteiger partial charge in [0.15, 0.2) is 0 Å². The van der Waals surface area contributed by atoms with Crippen LogP contribution in [-0.4, -0.2) is 17.9 Å². The van der Waals surface area contributed by atoms with Crippen LogP contribution in [0.4, 0.5) is 13.2 Å². The van der Waals surface area contributed by atoms with Crippen molar-refractivity contribution in [1.82, 2.24) is 4.90 Å². The van der Waals surface area contributed by atoms with Crippen LogP contribution in [-0.2, 0) is 17.5 Å². The van der Waals surface area contributed by atoms with Crippen LogP contribution in [0.2, 0.25) is 0 Å². The molecule has 25 heavy (non-hydrogen) atoms. The van der Waals surface area contributed by atoms with Crippen molar-refractivity contribution >= 4 is 5.91 Å². The van der Waals surface area contributed by atoms with E-state index in [4.69, 9.17) is 0 Å². The summed E-state index contributed by atoms with van der Waals surface area (Å²) in [6.07, 6.45) is 1.81. The molecule has 1 aromatic carbocycles. The van der Waals surface area contributed by atoms with Gasteiger partial charge in [0.25, 0.3) is 0 Å². The fourth-order valence-electron chi connectivity index (χ4n) is 5.73. The molecule has 4 fully saturated rings. The Balaban J connectivity index is 1.43. The molecule has 4 aliphatic rings. The summed E-state index contributed by atoms with van der Waals surface area (Å²) < 4.78 is 38.0. The molecule has 2 nitrogen and oxygen atoms in total.